The van der Waals surface area contributed by atoms with E-state index in [1.807, 2.05) is 0 Å². The number of carbonyl (C=O) groups excluding carboxylic acids is 1. The van der Waals surface area contributed by atoms with E-state index in [4.69, 9.17) is 10.9 Å². The molecule has 2 aromatic carbocycles. The molecule has 0 unspecified atom stereocenters. The average molecular weight is 402 g/mol. The molecule has 1 heterocycles. The van der Waals surface area contributed by atoms with E-state index in [1.165, 1.54) is 54.7 Å². The van der Waals surface area contributed by atoms with Crippen molar-refractivity contribution in [3.63, 3.8) is 0 Å². The SMILES string of the molecule is NC(=O)c1cnc(Nc2ccc(S(N)(=O)=O)cc2)nc1Nc1ccc(F)cc1. The van der Waals surface area contributed by atoms with Gasteiger partial charge in [-0.3, -0.25) is 4.79 Å². The molecule has 28 heavy (non-hydrogen) atoms. The molecular formula is C17H15FN6O3S. The minimum absolute atomic E-state index is 0.0401. The summed E-state index contributed by atoms with van der Waals surface area (Å²) in [7, 11) is -3.80. The number of nitrogens with two attached hydrogens (primary N) is 2. The number of halogens is 1. The van der Waals surface area contributed by atoms with E-state index in [2.05, 4.69) is 20.6 Å². The van der Waals surface area contributed by atoms with Crippen LogP contribution in [0, 0.1) is 5.82 Å². The average Bonchev–Trinajstić information content (AvgIpc) is 2.63. The molecule has 0 bridgehead atoms. The van der Waals surface area contributed by atoms with Crippen LogP contribution in [0.2, 0.25) is 0 Å². The summed E-state index contributed by atoms with van der Waals surface area (Å²) in [5.74, 6) is -0.905. The normalized spacial score (nSPS) is 11.1. The minimum Gasteiger partial charge on any atom is -0.365 e. The summed E-state index contributed by atoms with van der Waals surface area (Å²) in [6, 6.07) is 11.1. The molecule has 9 nitrogen and oxygen atoms in total. The first kappa shape index (κ1) is 19.2. The number of nitrogens with one attached hydrogen (secondary N) is 2. The lowest BCUT2D eigenvalue weighted by Gasteiger charge is -2.11. The number of hydrogen-bond donors (Lipinski definition) is 4. The van der Waals surface area contributed by atoms with Crippen molar-refractivity contribution in [2.45, 2.75) is 4.90 Å². The highest BCUT2D eigenvalue weighted by Crippen LogP contribution is 2.22. The van der Waals surface area contributed by atoms with Gasteiger partial charge in [0.15, 0.2) is 0 Å². The van der Waals surface area contributed by atoms with Gasteiger partial charge in [-0.15, -0.1) is 0 Å². The molecule has 6 N–H and O–H groups in total. The second kappa shape index (κ2) is 7.58. The minimum atomic E-state index is -3.80. The summed E-state index contributed by atoms with van der Waals surface area (Å²) in [6.45, 7) is 0. The van der Waals surface area contributed by atoms with Crippen LogP contribution in [-0.4, -0.2) is 24.3 Å². The summed E-state index contributed by atoms with van der Waals surface area (Å²) in [5.41, 5.74) is 6.37. The molecule has 0 saturated carbocycles. The van der Waals surface area contributed by atoms with Gasteiger partial charge in [0, 0.05) is 17.6 Å². The van der Waals surface area contributed by atoms with Gasteiger partial charge in [0.2, 0.25) is 16.0 Å². The molecule has 0 atom stereocenters. The second-order valence-corrected chi connectivity index (χ2v) is 7.21. The largest absolute Gasteiger partial charge is 0.365 e. The summed E-state index contributed by atoms with van der Waals surface area (Å²) in [5, 5.41) is 10.8. The Morgan fingerprint density at radius 2 is 1.54 bits per heavy atom. The zero-order valence-corrected chi connectivity index (χ0v) is 15.1. The molecule has 0 radical (unpaired) electrons. The maximum Gasteiger partial charge on any atom is 0.254 e. The van der Waals surface area contributed by atoms with Crippen LogP contribution in [-0.2, 0) is 10.0 Å². The fourth-order valence-electron chi connectivity index (χ4n) is 2.24. The van der Waals surface area contributed by atoms with Gasteiger partial charge in [-0.2, -0.15) is 4.98 Å². The number of amides is 1. The van der Waals surface area contributed by atoms with E-state index in [0.717, 1.165) is 0 Å². The molecule has 3 aromatic rings. The van der Waals surface area contributed by atoms with Crippen LogP contribution in [0.15, 0.2) is 59.6 Å². The Morgan fingerprint density at radius 1 is 0.964 bits per heavy atom. The standard InChI is InChI=1S/C17H15FN6O3S/c18-10-1-3-11(4-2-10)22-16-14(15(19)25)9-21-17(24-16)23-12-5-7-13(8-6-12)28(20,26)27/h1-9H,(H2,19,25)(H2,20,26,27)(H2,21,22,23,24). The van der Waals surface area contributed by atoms with E-state index in [1.54, 1.807) is 0 Å². The first-order valence-corrected chi connectivity index (χ1v) is 9.36. The van der Waals surface area contributed by atoms with E-state index >= 15 is 0 Å². The predicted octanol–water partition coefficient (Wildman–Crippen LogP) is 1.85. The molecule has 11 heteroatoms. The topological polar surface area (TPSA) is 153 Å². The zero-order valence-electron chi connectivity index (χ0n) is 14.3. The predicted molar refractivity (Wildman–Crippen MR) is 101 cm³/mol. The van der Waals surface area contributed by atoms with E-state index in [9.17, 15) is 17.6 Å². The van der Waals surface area contributed by atoms with Crippen LogP contribution in [0.25, 0.3) is 0 Å². The zero-order chi connectivity index (χ0) is 20.3. The summed E-state index contributed by atoms with van der Waals surface area (Å²) in [6.07, 6.45) is 1.24. The molecule has 144 valence electrons. The van der Waals surface area contributed by atoms with Gasteiger partial charge in [-0.05, 0) is 48.5 Å². The van der Waals surface area contributed by atoms with Crippen LogP contribution >= 0.6 is 0 Å². The van der Waals surface area contributed by atoms with Crippen molar-refractivity contribution >= 4 is 39.1 Å². The van der Waals surface area contributed by atoms with Gasteiger partial charge in [-0.1, -0.05) is 0 Å². The van der Waals surface area contributed by atoms with Gasteiger partial charge in [0.25, 0.3) is 5.91 Å². The number of anilines is 4. The van der Waals surface area contributed by atoms with Gasteiger partial charge in [0.1, 0.15) is 17.2 Å². The molecule has 0 aliphatic heterocycles. The molecule has 3 rings (SSSR count). The van der Waals surface area contributed by atoms with Crippen LogP contribution < -0.4 is 21.5 Å². The molecule has 0 aliphatic rings. The number of rotatable bonds is 6. The van der Waals surface area contributed by atoms with Crippen molar-refractivity contribution in [1.29, 1.82) is 0 Å². The summed E-state index contributed by atoms with van der Waals surface area (Å²) in [4.78, 5) is 19.8. The molecule has 0 fully saturated rings. The highest BCUT2D eigenvalue weighted by molar-refractivity contribution is 7.89. The summed E-state index contributed by atoms with van der Waals surface area (Å²) < 4.78 is 35.7. The highest BCUT2D eigenvalue weighted by atomic mass is 32.2. The molecule has 0 aliphatic carbocycles. The third kappa shape index (κ3) is 4.58. The Balaban J connectivity index is 1.88. The first-order chi connectivity index (χ1) is 13.2. The maximum absolute atomic E-state index is 13.1. The van der Waals surface area contributed by atoms with Gasteiger partial charge in [0.05, 0.1) is 4.90 Å². The maximum atomic E-state index is 13.1. The summed E-state index contributed by atoms with van der Waals surface area (Å²) >= 11 is 0. The highest BCUT2D eigenvalue weighted by Gasteiger charge is 2.13. The number of carbonyl (C=O) groups is 1. The van der Waals surface area contributed by atoms with E-state index in [-0.39, 0.29) is 22.2 Å². The van der Waals surface area contributed by atoms with E-state index < -0.39 is 21.7 Å². The second-order valence-electron chi connectivity index (χ2n) is 5.65. The smallest absolute Gasteiger partial charge is 0.254 e. The fraction of sp³-hybridized carbons (Fsp3) is 0. The van der Waals surface area contributed by atoms with Crippen LogP contribution in [0.4, 0.5) is 27.5 Å². The number of sulfonamides is 1. The van der Waals surface area contributed by atoms with Gasteiger partial charge >= 0.3 is 0 Å². The van der Waals surface area contributed by atoms with Crippen molar-refractivity contribution in [1.82, 2.24) is 9.97 Å². The van der Waals surface area contributed by atoms with Crippen molar-refractivity contribution in [2.24, 2.45) is 10.9 Å². The lowest BCUT2D eigenvalue weighted by Crippen LogP contribution is -2.15. The Hall–Kier alpha value is -3.57. The molecule has 1 aromatic heterocycles. The van der Waals surface area contributed by atoms with E-state index in [0.29, 0.717) is 11.4 Å². The van der Waals surface area contributed by atoms with Crippen LogP contribution in [0.3, 0.4) is 0 Å². The Labute approximate surface area is 159 Å². The number of aromatic nitrogens is 2. The van der Waals surface area contributed by atoms with Crippen LogP contribution in [0.1, 0.15) is 10.4 Å². The number of primary amides is 1. The quantitative estimate of drug-likeness (QED) is 0.491. The van der Waals surface area contributed by atoms with Crippen molar-refractivity contribution in [3.05, 3.63) is 66.1 Å². The molecule has 1 amide bonds. The number of benzene rings is 2. The lowest BCUT2D eigenvalue weighted by atomic mass is 10.2. The number of hydrogen-bond acceptors (Lipinski definition) is 7. The number of primary sulfonamides is 1. The van der Waals surface area contributed by atoms with Gasteiger partial charge in [-0.25, -0.2) is 22.9 Å². The van der Waals surface area contributed by atoms with Crippen molar-refractivity contribution in [2.75, 3.05) is 10.6 Å². The lowest BCUT2D eigenvalue weighted by molar-refractivity contribution is 0.100. The number of nitrogens with zero attached hydrogens (tertiary/aromatic N) is 2. The Morgan fingerprint density at radius 3 is 2.11 bits per heavy atom. The third-order valence-electron chi connectivity index (χ3n) is 3.60. The fourth-order valence-corrected chi connectivity index (χ4v) is 2.76. The first-order valence-electron chi connectivity index (χ1n) is 7.82. The molecular weight excluding hydrogens is 387 g/mol. The third-order valence-corrected chi connectivity index (χ3v) is 4.53. The monoisotopic (exact) mass is 402 g/mol. The van der Waals surface area contributed by atoms with Gasteiger partial charge < -0.3 is 16.4 Å². The Kier molecular flexibility index (Phi) is 5.20. The Bertz CT molecular complexity index is 1120. The van der Waals surface area contributed by atoms with Crippen LogP contribution in [0.5, 0.6) is 0 Å². The van der Waals surface area contributed by atoms with Crippen molar-refractivity contribution < 1.29 is 17.6 Å². The molecule has 0 spiro atoms. The molecule has 0 saturated heterocycles. The van der Waals surface area contributed by atoms with Crippen molar-refractivity contribution in [3.8, 4) is 0 Å².